The molecular formula is C12H4BrClFNO2. The van der Waals surface area contributed by atoms with Crippen molar-refractivity contribution in [1.29, 1.82) is 0 Å². The van der Waals surface area contributed by atoms with Crippen molar-refractivity contribution < 1.29 is 8.81 Å². The molecule has 0 atom stereocenters. The van der Waals surface area contributed by atoms with Gasteiger partial charge in [-0.3, -0.25) is 4.79 Å². The molecule has 2 heterocycles. The van der Waals surface area contributed by atoms with E-state index in [0.29, 0.717) is 4.47 Å². The Bertz CT molecular complexity index is 847. The quantitative estimate of drug-likeness (QED) is 0.464. The minimum Gasteiger partial charge on any atom is -0.451 e. The number of aromatic nitrogens is 1. The Kier molecular flexibility index (Phi) is 2.60. The number of pyridine rings is 1. The highest BCUT2D eigenvalue weighted by Crippen LogP contribution is 2.25. The average Bonchev–Trinajstić information content (AvgIpc) is 2.32. The standard InChI is InChI=1S/C12H4BrClFNO2/c13-5-1-7-11(17)6-3-10(14)16-4-9(6)18-12(7)8(15)2-5/h1-4H. The molecule has 0 bridgehead atoms. The van der Waals surface area contributed by atoms with E-state index in [1.54, 1.807) is 0 Å². The van der Waals surface area contributed by atoms with Crippen LogP contribution >= 0.6 is 27.5 Å². The maximum absolute atomic E-state index is 13.7. The van der Waals surface area contributed by atoms with Gasteiger partial charge in [0.1, 0.15) is 5.15 Å². The van der Waals surface area contributed by atoms with Crippen LogP contribution in [0.25, 0.3) is 21.9 Å². The van der Waals surface area contributed by atoms with Gasteiger partial charge in [0.2, 0.25) is 5.43 Å². The molecule has 0 saturated carbocycles. The van der Waals surface area contributed by atoms with Gasteiger partial charge in [-0.2, -0.15) is 0 Å². The first-order valence-electron chi connectivity index (χ1n) is 4.93. The summed E-state index contributed by atoms with van der Waals surface area (Å²) in [7, 11) is 0. The molecule has 3 nitrogen and oxygen atoms in total. The topological polar surface area (TPSA) is 43.1 Å². The highest BCUT2D eigenvalue weighted by atomic mass is 79.9. The van der Waals surface area contributed by atoms with Gasteiger partial charge < -0.3 is 4.42 Å². The van der Waals surface area contributed by atoms with E-state index in [4.69, 9.17) is 16.0 Å². The smallest absolute Gasteiger partial charge is 0.200 e. The molecule has 0 fully saturated rings. The van der Waals surface area contributed by atoms with E-state index in [9.17, 15) is 9.18 Å². The van der Waals surface area contributed by atoms with E-state index >= 15 is 0 Å². The fraction of sp³-hybridized carbons (Fsp3) is 0. The number of nitrogens with zero attached hydrogens (tertiary/aromatic N) is 1. The van der Waals surface area contributed by atoms with Crippen LogP contribution in [0.2, 0.25) is 5.15 Å². The Morgan fingerprint density at radius 1 is 1.28 bits per heavy atom. The van der Waals surface area contributed by atoms with Crippen LogP contribution in [-0.2, 0) is 0 Å². The molecule has 0 amide bonds. The summed E-state index contributed by atoms with van der Waals surface area (Å²) in [6.45, 7) is 0. The lowest BCUT2D eigenvalue weighted by Crippen LogP contribution is -2.03. The number of rotatable bonds is 0. The Hall–Kier alpha value is -1.46. The minimum absolute atomic E-state index is 0.0835. The third-order valence-electron chi connectivity index (χ3n) is 2.54. The number of benzene rings is 1. The number of hydrogen-bond donors (Lipinski definition) is 0. The molecule has 90 valence electrons. The zero-order valence-corrected chi connectivity index (χ0v) is 11.0. The molecule has 2 aromatic heterocycles. The predicted molar refractivity (Wildman–Crippen MR) is 70.5 cm³/mol. The SMILES string of the molecule is O=c1c2cc(Cl)ncc2oc2c(F)cc(Br)cc12. The van der Waals surface area contributed by atoms with Gasteiger partial charge in [-0.25, -0.2) is 9.37 Å². The molecule has 0 radical (unpaired) electrons. The van der Waals surface area contributed by atoms with E-state index < -0.39 is 5.82 Å². The first-order chi connectivity index (χ1) is 8.56. The molecule has 0 N–H and O–H groups in total. The first-order valence-corrected chi connectivity index (χ1v) is 6.10. The normalized spacial score (nSPS) is 11.3. The van der Waals surface area contributed by atoms with E-state index in [0.717, 1.165) is 0 Å². The molecule has 0 unspecified atom stereocenters. The molecule has 6 heteroatoms. The summed E-state index contributed by atoms with van der Waals surface area (Å²) in [6.07, 6.45) is 1.31. The van der Waals surface area contributed by atoms with Crippen LogP contribution in [0.5, 0.6) is 0 Å². The summed E-state index contributed by atoms with van der Waals surface area (Å²) in [6, 6.07) is 4.15. The van der Waals surface area contributed by atoms with Crippen molar-refractivity contribution in [2.24, 2.45) is 0 Å². The largest absolute Gasteiger partial charge is 0.451 e. The highest BCUT2D eigenvalue weighted by Gasteiger charge is 2.13. The zero-order chi connectivity index (χ0) is 12.9. The van der Waals surface area contributed by atoms with Crippen molar-refractivity contribution in [3.8, 4) is 0 Å². The second kappa shape index (κ2) is 4.03. The predicted octanol–water partition coefficient (Wildman–Crippen LogP) is 3.90. The lowest BCUT2D eigenvalue weighted by atomic mass is 10.1. The maximum atomic E-state index is 13.7. The molecule has 0 saturated heterocycles. The van der Waals surface area contributed by atoms with Gasteiger partial charge in [-0.05, 0) is 18.2 Å². The highest BCUT2D eigenvalue weighted by molar-refractivity contribution is 9.10. The maximum Gasteiger partial charge on any atom is 0.200 e. The molecule has 0 aliphatic rings. The molecule has 0 aliphatic heterocycles. The summed E-state index contributed by atoms with van der Waals surface area (Å²) in [4.78, 5) is 16.0. The van der Waals surface area contributed by atoms with Crippen LogP contribution in [0.4, 0.5) is 4.39 Å². The van der Waals surface area contributed by atoms with Gasteiger partial charge >= 0.3 is 0 Å². The van der Waals surface area contributed by atoms with Crippen molar-refractivity contribution in [3.05, 3.63) is 50.1 Å². The second-order valence-corrected chi connectivity index (χ2v) is 5.00. The van der Waals surface area contributed by atoms with Crippen LogP contribution < -0.4 is 5.43 Å². The Labute approximate surface area is 113 Å². The molecular weight excluding hydrogens is 324 g/mol. The third-order valence-corrected chi connectivity index (χ3v) is 3.21. The molecule has 3 rings (SSSR count). The van der Waals surface area contributed by atoms with Crippen molar-refractivity contribution >= 4 is 49.5 Å². The number of hydrogen-bond acceptors (Lipinski definition) is 3. The van der Waals surface area contributed by atoms with Gasteiger partial charge in [0.25, 0.3) is 0 Å². The van der Waals surface area contributed by atoms with E-state index in [1.165, 1.54) is 24.4 Å². The fourth-order valence-corrected chi connectivity index (χ4v) is 2.35. The van der Waals surface area contributed by atoms with Crippen molar-refractivity contribution in [3.63, 3.8) is 0 Å². The van der Waals surface area contributed by atoms with Crippen LogP contribution in [0.1, 0.15) is 0 Å². The second-order valence-electron chi connectivity index (χ2n) is 3.70. The van der Waals surface area contributed by atoms with Crippen LogP contribution in [0, 0.1) is 5.82 Å². The average molecular weight is 329 g/mol. The number of halogens is 3. The van der Waals surface area contributed by atoms with E-state index in [2.05, 4.69) is 20.9 Å². The van der Waals surface area contributed by atoms with E-state index in [1.807, 2.05) is 0 Å². The summed E-state index contributed by atoms with van der Waals surface area (Å²) in [5.74, 6) is -0.603. The van der Waals surface area contributed by atoms with Gasteiger partial charge in [0.05, 0.1) is 17.0 Å². The monoisotopic (exact) mass is 327 g/mol. The lowest BCUT2D eigenvalue weighted by Gasteiger charge is -2.02. The van der Waals surface area contributed by atoms with Crippen LogP contribution in [0.3, 0.4) is 0 Å². The molecule has 0 spiro atoms. The van der Waals surface area contributed by atoms with Gasteiger partial charge in [-0.1, -0.05) is 27.5 Å². The van der Waals surface area contributed by atoms with Gasteiger partial charge in [0.15, 0.2) is 17.0 Å². The lowest BCUT2D eigenvalue weighted by molar-refractivity contribution is 0.578. The molecule has 0 aliphatic carbocycles. The van der Waals surface area contributed by atoms with Crippen molar-refractivity contribution in [1.82, 2.24) is 4.98 Å². The van der Waals surface area contributed by atoms with Gasteiger partial charge in [0, 0.05) is 4.47 Å². The Morgan fingerprint density at radius 2 is 2.06 bits per heavy atom. The molecule has 1 aromatic carbocycles. The zero-order valence-electron chi connectivity index (χ0n) is 8.71. The van der Waals surface area contributed by atoms with Crippen LogP contribution in [0.15, 0.2) is 38.1 Å². The van der Waals surface area contributed by atoms with Gasteiger partial charge in [-0.15, -0.1) is 0 Å². The molecule has 18 heavy (non-hydrogen) atoms. The minimum atomic E-state index is -0.603. The van der Waals surface area contributed by atoms with Crippen molar-refractivity contribution in [2.45, 2.75) is 0 Å². The number of fused-ring (bicyclic) bond motifs is 2. The summed E-state index contributed by atoms with van der Waals surface area (Å²) < 4.78 is 19.5. The third kappa shape index (κ3) is 1.71. The Balaban J connectivity index is 2.61. The Morgan fingerprint density at radius 3 is 2.83 bits per heavy atom. The van der Waals surface area contributed by atoms with Crippen LogP contribution in [-0.4, -0.2) is 4.98 Å². The summed E-state index contributed by atoms with van der Waals surface area (Å²) in [5, 5.41) is 0.626. The fourth-order valence-electron chi connectivity index (χ4n) is 1.76. The van der Waals surface area contributed by atoms with E-state index in [-0.39, 0.29) is 32.5 Å². The summed E-state index contributed by atoms with van der Waals surface area (Å²) >= 11 is 8.87. The van der Waals surface area contributed by atoms with Crippen molar-refractivity contribution in [2.75, 3.05) is 0 Å². The summed E-state index contributed by atoms with van der Waals surface area (Å²) in [5.41, 5.74) is -0.214. The first kappa shape index (κ1) is 11.6. The molecule has 3 aromatic rings.